The second-order valence-corrected chi connectivity index (χ2v) is 4.23. The molecular formula is C11H21N3O2S. The van der Waals surface area contributed by atoms with E-state index in [2.05, 4.69) is 11.9 Å². The highest BCUT2D eigenvalue weighted by molar-refractivity contribution is 7.80. The Hall–Kier alpha value is -1.14. The maximum absolute atomic E-state index is 11.0. The molecule has 0 aliphatic carbocycles. The summed E-state index contributed by atoms with van der Waals surface area (Å²) in [5.74, 6) is -1.23. The van der Waals surface area contributed by atoms with E-state index in [0.29, 0.717) is 24.6 Å². The van der Waals surface area contributed by atoms with E-state index >= 15 is 0 Å². The van der Waals surface area contributed by atoms with Crippen LogP contribution in [0, 0.1) is 5.92 Å². The van der Waals surface area contributed by atoms with Gasteiger partial charge in [0, 0.05) is 20.6 Å². The van der Waals surface area contributed by atoms with Crippen LogP contribution in [0.3, 0.4) is 0 Å². The lowest BCUT2D eigenvalue weighted by Gasteiger charge is -2.33. The number of thiocarbonyl (C=S) groups is 1. The van der Waals surface area contributed by atoms with Gasteiger partial charge in [-0.3, -0.25) is 9.80 Å². The molecule has 1 atom stereocenters. The van der Waals surface area contributed by atoms with Crippen LogP contribution in [0.4, 0.5) is 0 Å². The van der Waals surface area contributed by atoms with Crippen LogP contribution in [0.5, 0.6) is 0 Å². The van der Waals surface area contributed by atoms with E-state index in [1.54, 1.807) is 16.1 Å². The molecule has 0 fully saturated rings. The van der Waals surface area contributed by atoms with Crippen molar-refractivity contribution in [3.63, 3.8) is 0 Å². The van der Waals surface area contributed by atoms with Crippen LogP contribution in [0.2, 0.25) is 0 Å². The average molecular weight is 259 g/mol. The van der Waals surface area contributed by atoms with Crippen molar-refractivity contribution in [3.05, 3.63) is 12.7 Å². The number of rotatable bonds is 7. The molecule has 0 bridgehead atoms. The second kappa shape index (κ2) is 8.03. The van der Waals surface area contributed by atoms with Crippen molar-refractivity contribution in [2.75, 3.05) is 27.2 Å². The van der Waals surface area contributed by atoms with Crippen LogP contribution in [-0.2, 0) is 4.79 Å². The molecule has 0 aromatic rings. The van der Waals surface area contributed by atoms with Crippen LogP contribution in [0.1, 0.15) is 13.3 Å². The van der Waals surface area contributed by atoms with Crippen LogP contribution in [0.15, 0.2) is 12.7 Å². The number of hydrogen-bond acceptors (Lipinski definition) is 3. The number of nitrogens with zero attached hydrogens (tertiary/aromatic N) is 2. The standard InChI is InChI=1S/C11H21N3O2S/c1-5-7-12-11(17)14(13(3)4)8-9(6-2)10(15)16/h5,9H,1,6-8H2,2-4H3,(H,12,17)(H,15,16). The fraction of sp³-hybridized carbons (Fsp3) is 0.636. The summed E-state index contributed by atoms with van der Waals surface area (Å²) in [4.78, 5) is 11.0. The monoisotopic (exact) mass is 259 g/mol. The summed E-state index contributed by atoms with van der Waals surface area (Å²) in [6, 6.07) is 0. The first-order valence-electron chi connectivity index (χ1n) is 5.50. The smallest absolute Gasteiger partial charge is 0.308 e. The first-order chi connectivity index (χ1) is 7.93. The summed E-state index contributed by atoms with van der Waals surface area (Å²) in [6.07, 6.45) is 2.28. The minimum absolute atomic E-state index is 0.363. The zero-order valence-electron chi connectivity index (χ0n) is 10.6. The van der Waals surface area contributed by atoms with Crippen molar-refractivity contribution in [1.82, 2.24) is 15.3 Å². The topological polar surface area (TPSA) is 55.8 Å². The molecule has 5 nitrogen and oxygen atoms in total. The SMILES string of the molecule is C=CCNC(=S)N(CC(CC)C(=O)O)N(C)C. The van der Waals surface area contributed by atoms with Crippen LogP contribution in [-0.4, -0.2) is 53.4 Å². The molecule has 0 spiro atoms. The van der Waals surface area contributed by atoms with Crippen LogP contribution >= 0.6 is 12.2 Å². The van der Waals surface area contributed by atoms with Gasteiger partial charge in [0.25, 0.3) is 0 Å². The molecule has 0 amide bonds. The fourth-order valence-corrected chi connectivity index (χ4v) is 1.59. The predicted octanol–water partition coefficient (Wildman–Crippen LogP) is 0.936. The van der Waals surface area contributed by atoms with Gasteiger partial charge >= 0.3 is 5.97 Å². The molecule has 0 aliphatic heterocycles. The molecule has 17 heavy (non-hydrogen) atoms. The minimum Gasteiger partial charge on any atom is -0.481 e. The normalized spacial score (nSPS) is 12.0. The quantitative estimate of drug-likeness (QED) is 0.403. The van der Waals surface area contributed by atoms with Gasteiger partial charge < -0.3 is 10.4 Å². The van der Waals surface area contributed by atoms with E-state index in [1.165, 1.54) is 0 Å². The molecule has 1 unspecified atom stereocenters. The highest BCUT2D eigenvalue weighted by Gasteiger charge is 2.22. The molecule has 0 radical (unpaired) electrons. The minimum atomic E-state index is -0.800. The van der Waals surface area contributed by atoms with Crippen molar-refractivity contribution in [3.8, 4) is 0 Å². The maximum Gasteiger partial charge on any atom is 0.308 e. The first-order valence-corrected chi connectivity index (χ1v) is 5.91. The summed E-state index contributed by atoms with van der Waals surface area (Å²) in [6.45, 7) is 6.37. The van der Waals surface area contributed by atoms with E-state index < -0.39 is 11.9 Å². The van der Waals surface area contributed by atoms with Gasteiger partial charge in [0.1, 0.15) is 0 Å². The zero-order valence-corrected chi connectivity index (χ0v) is 11.5. The van der Waals surface area contributed by atoms with E-state index in [0.717, 1.165) is 0 Å². The van der Waals surface area contributed by atoms with Crippen molar-refractivity contribution in [2.45, 2.75) is 13.3 Å². The Kier molecular flexibility index (Phi) is 7.49. The molecule has 6 heteroatoms. The summed E-state index contributed by atoms with van der Waals surface area (Å²) >= 11 is 5.20. The molecule has 0 rings (SSSR count). The number of aliphatic carboxylic acids is 1. The number of nitrogens with one attached hydrogen (secondary N) is 1. The lowest BCUT2D eigenvalue weighted by Crippen LogP contribution is -2.50. The molecule has 2 N–H and O–H groups in total. The Bertz CT molecular complexity index is 282. The molecule has 0 heterocycles. The van der Waals surface area contributed by atoms with Crippen molar-refractivity contribution < 1.29 is 9.90 Å². The Labute approximate surface area is 108 Å². The lowest BCUT2D eigenvalue weighted by molar-refractivity contribution is -0.143. The molecule has 0 saturated heterocycles. The number of hydrazine groups is 1. The molecule has 0 aromatic heterocycles. The van der Waals surface area contributed by atoms with Gasteiger partial charge in [-0.1, -0.05) is 13.0 Å². The number of carboxylic acid groups (broad SMARTS) is 1. The van der Waals surface area contributed by atoms with Crippen molar-refractivity contribution in [2.24, 2.45) is 5.92 Å². The summed E-state index contributed by atoms with van der Waals surface area (Å²) in [5.41, 5.74) is 0. The molecule has 0 saturated carbocycles. The number of carboxylic acids is 1. The lowest BCUT2D eigenvalue weighted by atomic mass is 10.1. The van der Waals surface area contributed by atoms with Gasteiger partial charge in [0.15, 0.2) is 5.11 Å². The predicted molar refractivity (Wildman–Crippen MR) is 72.6 cm³/mol. The molecule has 98 valence electrons. The van der Waals surface area contributed by atoms with Crippen LogP contribution in [0.25, 0.3) is 0 Å². The summed E-state index contributed by atoms with van der Waals surface area (Å²) in [7, 11) is 3.66. The van der Waals surface area contributed by atoms with E-state index in [1.807, 2.05) is 21.0 Å². The third-order valence-electron chi connectivity index (χ3n) is 2.35. The van der Waals surface area contributed by atoms with Crippen LogP contribution < -0.4 is 5.32 Å². The average Bonchev–Trinajstić information content (AvgIpc) is 2.26. The summed E-state index contributed by atoms with van der Waals surface area (Å²) in [5, 5.41) is 16.1. The number of carbonyl (C=O) groups is 1. The van der Waals surface area contributed by atoms with Crippen molar-refractivity contribution in [1.29, 1.82) is 0 Å². The third kappa shape index (κ3) is 5.65. The Morgan fingerprint density at radius 1 is 1.59 bits per heavy atom. The Balaban J connectivity index is 4.56. The second-order valence-electron chi connectivity index (χ2n) is 3.85. The fourth-order valence-electron chi connectivity index (χ4n) is 1.27. The van der Waals surface area contributed by atoms with E-state index in [-0.39, 0.29) is 0 Å². The molecule has 0 aliphatic rings. The molecular weight excluding hydrogens is 238 g/mol. The van der Waals surface area contributed by atoms with Gasteiger partial charge in [0.2, 0.25) is 0 Å². The van der Waals surface area contributed by atoms with Gasteiger partial charge in [-0.15, -0.1) is 6.58 Å². The maximum atomic E-state index is 11.0. The van der Waals surface area contributed by atoms with Crippen molar-refractivity contribution >= 4 is 23.3 Å². The number of hydrogen-bond donors (Lipinski definition) is 2. The van der Waals surface area contributed by atoms with Gasteiger partial charge in [-0.2, -0.15) is 0 Å². The Morgan fingerprint density at radius 2 is 2.18 bits per heavy atom. The largest absolute Gasteiger partial charge is 0.481 e. The van der Waals surface area contributed by atoms with Gasteiger partial charge in [-0.25, -0.2) is 5.01 Å². The van der Waals surface area contributed by atoms with Gasteiger partial charge in [-0.05, 0) is 18.6 Å². The Morgan fingerprint density at radius 3 is 2.53 bits per heavy atom. The zero-order chi connectivity index (χ0) is 13.4. The van der Waals surface area contributed by atoms with Gasteiger partial charge in [0.05, 0.1) is 12.5 Å². The van der Waals surface area contributed by atoms with E-state index in [9.17, 15) is 4.79 Å². The highest BCUT2D eigenvalue weighted by Crippen LogP contribution is 2.07. The summed E-state index contributed by atoms with van der Waals surface area (Å²) < 4.78 is 0. The molecule has 0 aromatic carbocycles. The highest BCUT2D eigenvalue weighted by atomic mass is 32.1. The first kappa shape index (κ1) is 15.9. The third-order valence-corrected chi connectivity index (χ3v) is 2.71. The van der Waals surface area contributed by atoms with E-state index in [4.69, 9.17) is 17.3 Å².